The Balaban J connectivity index is 2.03. The zero-order chi connectivity index (χ0) is 15.1. The van der Waals surface area contributed by atoms with Crippen LogP contribution in [0.25, 0.3) is 0 Å². The minimum atomic E-state index is 0.184. The molecule has 2 rings (SSSR count). The van der Waals surface area contributed by atoms with Crippen LogP contribution in [0, 0.1) is 0 Å². The van der Waals surface area contributed by atoms with Gasteiger partial charge in [0.05, 0.1) is 6.04 Å². The van der Waals surface area contributed by atoms with Gasteiger partial charge in [-0.2, -0.15) is 0 Å². The molecule has 6 nitrogen and oxygen atoms in total. The summed E-state index contributed by atoms with van der Waals surface area (Å²) in [6, 6.07) is 10.5. The van der Waals surface area contributed by atoms with Crippen molar-refractivity contribution < 1.29 is 0 Å². The van der Waals surface area contributed by atoms with Crippen molar-refractivity contribution in [2.75, 3.05) is 6.54 Å². The molecule has 1 atom stereocenters. The van der Waals surface area contributed by atoms with E-state index in [-0.39, 0.29) is 6.04 Å². The van der Waals surface area contributed by atoms with E-state index in [4.69, 9.17) is 0 Å². The number of hydrogen-bond donors (Lipinski definition) is 2. The third-order valence-electron chi connectivity index (χ3n) is 3.18. The Morgan fingerprint density at radius 3 is 2.71 bits per heavy atom. The smallest absolute Gasteiger partial charge is 0.192 e. The second kappa shape index (κ2) is 7.42. The van der Waals surface area contributed by atoms with Gasteiger partial charge in [0.1, 0.15) is 12.9 Å². The van der Waals surface area contributed by atoms with Gasteiger partial charge in [0, 0.05) is 13.6 Å². The third-order valence-corrected chi connectivity index (χ3v) is 3.18. The summed E-state index contributed by atoms with van der Waals surface area (Å²) in [5.74, 6) is 1.61. The van der Waals surface area contributed by atoms with E-state index in [0.717, 1.165) is 18.3 Å². The summed E-state index contributed by atoms with van der Waals surface area (Å²) in [6.45, 7) is 5.47. The van der Waals surface area contributed by atoms with Gasteiger partial charge in [0.2, 0.25) is 0 Å². The quantitative estimate of drug-likeness (QED) is 0.647. The van der Waals surface area contributed by atoms with E-state index in [9.17, 15) is 0 Å². The Kier molecular flexibility index (Phi) is 5.31. The summed E-state index contributed by atoms with van der Waals surface area (Å²) in [6.07, 6.45) is 1.68. The molecule has 21 heavy (non-hydrogen) atoms. The maximum atomic E-state index is 4.55. The highest BCUT2D eigenvalue weighted by molar-refractivity contribution is 5.80. The number of nitrogens with one attached hydrogen (secondary N) is 2. The van der Waals surface area contributed by atoms with Gasteiger partial charge in [-0.1, -0.05) is 30.3 Å². The molecule has 2 aromatic rings. The van der Waals surface area contributed by atoms with Crippen LogP contribution >= 0.6 is 0 Å². The fraction of sp³-hybridized carbons (Fsp3) is 0.400. The van der Waals surface area contributed by atoms with Crippen molar-refractivity contribution in [3.8, 4) is 0 Å². The van der Waals surface area contributed by atoms with Crippen LogP contribution in [0.15, 0.2) is 41.7 Å². The first-order chi connectivity index (χ1) is 10.2. The van der Waals surface area contributed by atoms with E-state index >= 15 is 0 Å². The Labute approximate surface area is 125 Å². The first-order valence-electron chi connectivity index (χ1n) is 7.13. The van der Waals surface area contributed by atoms with Gasteiger partial charge in [-0.3, -0.25) is 0 Å². The largest absolute Gasteiger partial charge is 0.357 e. The van der Waals surface area contributed by atoms with Gasteiger partial charge in [0.25, 0.3) is 0 Å². The molecule has 0 bridgehead atoms. The van der Waals surface area contributed by atoms with Crippen molar-refractivity contribution in [2.24, 2.45) is 12.0 Å². The van der Waals surface area contributed by atoms with Crippen molar-refractivity contribution in [1.29, 1.82) is 0 Å². The van der Waals surface area contributed by atoms with E-state index in [1.165, 1.54) is 5.56 Å². The monoisotopic (exact) mass is 286 g/mol. The molecule has 1 unspecified atom stereocenters. The number of aryl methyl sites for hydroxylation is 1. The molecule has 1 aromatic carbocycles. The highest BCUT2D eigenvalue weighted by atomic mass is 15.3. The molecule has 2 N–H and O–H groups in total. The maximum absolute atomic E-state index is 4.55. The van der Waals surface area contributed by atoms with Crippen LogP contribution in [0.1, 0.15) is 31.3 Å². The Hall–Kier alpha value is -2.37. The number of nitrogens with zero attached hydrogens (tertiary/aromatic N) is 4. The summed E-state index contributed by atoms with van der Waals surface area (Å²) in [5.41, 5.74) is 1.22. The summed E-state index contributed by atoms with van der Waals surface area (Å²) < 4.78 is 1.87. The molecule has 1 aromatic heterocycles. The molecular weight excluding hydrogens is 264 g/mol. The van der Waals surface area contributed by atoms with Crippen LogP contribution in [0.2, 0.25) is 0 Å². The summed E-state index contributed by atoms with van der Waals surface area (Å²) in [4.78, 5) is 4.55. The third kappa shape index (κ3) is 4.30. The van der Waals surface area contributed by atoms with Gasteiger partial charge in [-0.25, -0.2) is 4.99 Å². The van der Waals surface area contributed by atoms with Crippen LogP contribution in [-0.4, -0.2) is 27.3 Å². The minimum absolute atomic E-state index is 0.184. The Morgan fingerprint density at radius 1 is 1.33 bits per heavy atom. The Bertz CT molecular complexity index is 575. The van der Waals surface area contributed by atoms with Gasteiger partial charge < -0.3 is 15.2 Å². The van der Waals surface area contributed by atoms with Crippen LogP contribution in [0.4, 0.5) is 0 Å². The number of rotatable bonds is 5. The second-order valence-corrected chi connectivity index (χ2v) is 4.83. The lowest BCUT2D eigenvalue weighted by Crippen LogP contribution is -2.38. The second-order valence-electron chi connectivity index (χ2n) is 4.83. The van der Waals surface area contributed by atoms with E-state index in [2.05, 4.69) is 44.9 Å². The zero-order valence-corrected chi connectivity index (χ0v) is 12.7. The molecule has 1 heterocycles. The average Bonchev–Trinajstić information content (AvgIpc) is 2.91. The van der Waals surface area contributed by atoms with Crippen molar-refractivity contribution in [2.45, 2.75) is 26.4 Å². The lowest BCUT2D eigenvalue weighted by atomic mass is 10.1. The predicted octanol–water partition coefficient (Wildman–Crippen LogP) is 1.63. The van der Waals surface area contributed by atoms with E-state index in [0.29, 0.717) is 6.54 Å². The number of guanidine groups is 1. The fourth-order valence-electron chi connectivity index (χ4n) is 1.95. The lowest BCUT2D eigenvalue weighted by Gasteiger charge is -2.18. The topological polar surface area (TPSA) is 67.1 Å². The van der Waals surface area contributed by atoms with Crippen molar-refractivity contribution in [3.05, 3.63) is 48.0 Å². The van der Waals surface area contributed by atoms with Crippen LogP contribution in [-0.2, 0) is 13.6 Å². The molecule has 0 amide bonds. The van der Waals surface area contributed by atoms with Crippen molar-refractivity contribution >= 4 is 5.96 Å². The predicted molar refractivity (Wildman–Crippen MR) is 83.8 cm³/mol. The normalized spacial score (nSPS) is 13.0. The molecule has 0 saturated carbocycles. The molecule has 6 heteroatoms. The molecule has 0 aliphatic carbocycles. The molecule has 0 aliphatic heterocycles. The summed E-state index contributed by atoms with van der Waals surface area (Å²) in [7, 11) is 1.91. The molecule has 0 saturated heterocycles. The number of aromatic nitrogens is 3. The lowest BCUT2D eigenvalue weighted by molar-refractivity contribution is 0.682. The molecule has 0 spiro atoms. The maximum Gasteiger partial charge on any atom is 0.192 e. The van der Waals surface area contributed by atoms with Gasteiger partial charge >= 0.3 is 0 Å². The summed E-state index contributed by atoms with van der Waals surface area (Å²) in [5, 5.41) is 14.5. The molecule has 0 radical (unpaired) electrons. The van der Waals surface area contributed by atoms with Crippen LogP contribution in [0.5, 0.6) is 0 Å². The highest BCUT2D eigenvalue weighted by Crippen LogP contribution is 2.10. The Morgan fingerprint density at radius 2 is 2.10 bits per heavy atom. The van der Waals surface area contributed by atoms with Crippen LogP contribution in [0.3, 0.4) is 0 Å². The minimum Gasteiger partial charge on any atom is -0.357 e. The van der Waals surface area contributed by atoms with Gasteiger partial charge in [0.15, 0.2) is 11.8 Å². The fourth-order valence-corrected chi connectivity index (χ4v) is 1.95. The molecule has 112 valence electrons. The highest BCUT2D eigenvalue weighted by Gasteiger charge is 2.07. The summed E-state index contributed by atoms with van der Waals surface area (Å²) >= 11 is 0. The molecule has 0 fully saturated rings. The van der Waals surface area contributed by atoms with Gasteiger partial charge in [-0.05, 0) is 19.4 Å². The molecule has 0 aliphatic rings. The van der Waals surface area contributed by atoms with Crippen LogP contribution < -0.4 is 10.6 Å². The number of hydrogen-bond acceptors (Lipinski definition) is 3. The first-order valence-corrected chi connectivity index (χ1v) is 7.13. The van der Waals surface area contributed by atoms with E-state index in [1.807, 2.05) is 36.7 Å². The van der Waals surface area contributed by atoms with Crippen molar-refractivity contribution in [1.82, 2.24) is 25.4 Å². The first kappa shape index (κ1) is 15.0. The SMILES string of the molecule is CCNC(=NCc1nncn1C)NC(C)c1ccccc1. The zero-order valence-electron chi connectivity index (χ0n) is 12.7. The van der Waals surface area contributed by atoms with Crippen molar-refractivity contribution in [3.63, 3.8) is 0 Å². The number of benzene rings is 1. The number of aliphatic imine (C=N–C) groups is 1. The standard InChI is InChI=1S/C15H22N6/c1-4-16-15(17-10-14-20-18-11-21(14)3)19-12(2)13-8-6-5-7-9-13/h5-9,11-12H,4,10H2,1-3H3,(H2,16,17,19). The molecular formula is C15H22N6. The average molecular weight is 286 g/mol. The van der Waals surface area contributed by atoms with E-state index < -0.39 is 0 Å². The van der Waals surface area contributed by atoms with E-state index in [1.54, 1.807) is 6.33 Å². The van der Waals surface area contributed by atoms with Gasteiger partial charge in [-0.15, -0.1) is 10.2 Å².